The number of rotatable bonds is 6. The van der Waals surface area contributed by atoms with Gasteiger partial charge in [0, 0.05) is 0 Å². The lowest BCUT2D eigenvalue weighted by Gasteiger charge is -2.20. The topological polar surface area (TPSA) is 65.2 Å². The van der Waals surface area contributed by atoms with Crippen molar-refractivity contribution < 1.29 is 9.53 Å². The molecule has 2 unspecified atom stereocenters. The van der Waals surface area contributed by atoms with Crippen molar-refractivity contribution in [2.24, 2.45) is 5.73 Å². The fourth-order valence-electron chi connectivity index (χ4n) is 2.46. The molecule has 2 N–H and O–H groups in total. The molecule has 1 heterocycles. The summed E-state index contributed by atoms with van der Waals surface area (Å²) in [7, 11) is 0. The van der Waals surface area contributed by atoms with E-state index in [0.717, 1.165) is 27.2 Å². The van der Waals surface area contributed by atoms with Gasteiger partial charge in [0.05, 0.1) is 10.2 Å². The number of ether oxygens (including phenoxy) is 1. The summed E-state index contributed by atoms with van der Waals surface area (Å²) in [4.78, 5) is 16.5. The molecule has 1 aromatic heterocycles. The minimum atomic E-state index is -0.770. The molecule has 3 aromatic rings. The van der Waals surface area contributed by atoms with Crippen LogP contribution in [0.4, 0.5) is 0 Å². The molecule has 3 rings (SSSR count). The Kier molecular flexibility index (Phi) is 4.69. The molecule has 4 nitrogen and oxygen atoms in total. The quantitative estimate of drug-likeness (QED) is 0.745. The normalized spacial score (nSPS) is 13.8. The van der Waals surface area contributed by atoms with Crippen LogP contribution in [0.5, 0.6) is 0 Å². The SMILES string of the molecule is CCC(OC(C(N)=O)c1ccccc1)c1nc2ccccc2s1. The van der Waals surface area contributed by atoms with E-state index in [0.29, 0.717) is 0 Å². The maximum atomic E-state index is 11.8. The predicted octanol–water partition coefficient (Wildman–Crippen LogP) is 3.99. The fraction of sp³-hybridized carbons (Fsp3) is 0.222. The summed E-state index contributed by atoms with van der Waals surface area (Å²) >= 11 is 1.59. The summed E-state index contributed by atoms with van der Waals surface area (Å²) in [5.74, 6) is -0.490. The number of nitrogens with two attached hydrogens (primary N) is 1. The van der Waals surface area contributed by atoms with E-state index in [-0.39, 0.29) is 6.10 Å². The summed E-state index contributed by atoms with van der Waals surface area (Å²) in [5.41, 5.74) is 7.26. The van der Waals surface area contributed by atoms with Gasteiger partial charge in [0.2, 0.25) is 0 Å². The van der Waals surface area contributed by atoms with E-state index < -0.39 is 12.0 Å². The van der Waals surface area contributed by atoms with Gasteiger partial charge in [0.15, 0.2) is 6.10 Å². The Labute approximate surface area is 138 Å². The molecule has 0 aliphatic carbocycles. The van der Waals surface area contributed by atoms with Crippen LogP contribution in [0, 0.1) is 0 Å². The molecular weight excluding hydrogens is 308 g/mol. The van der Waals surface area contributed by atoms with Crippen LogP contribution >= 0.6 is 11.3 Å². The third-order valence-electron chi connectivity index (χ3n) is 3.62. The number of benzene rings is 2. The van der Waals surface area contributed by atoms with E-state index in [2.05, 4.69) is 4.98 Å². The van der Waals surface area contributed by atoms with Gasteiger partial charge >= 0.3 is 0 Å². The van der Waals surface area contributed by atoms with Gasteiger partial charge in [-0.25, -0.2) is 4.98 Å². The molecule has 23 heavy (non-hydrogen) atoms. The predicted molar refractivity (Wildman–Crippen MR) is 92.1 cm³/mol. The second-order valence-corrected chi connectivity index (χ2v) is 6.31. The van der Waals surface area contributed by atoms with Crippen LogP contribution in [0.3, 0.4) is 0 Å². The zero-order chi connectivity index (χ0) is 16.2. The third kappa shape index (κ3) is 3.41. The standard InChI is InChI=1S/C18H18N2O2S/c1-2-14(18-20-13-10-6-7-11-15(13)23-18)22-16(17(19)21)12-8-4-3-5-9-12/h3-11,14,16H,2H2,1H3,(H2,19,21). The highest BCUT2D eigenvalue weighted by atomic mass is 32.1. The van der Waals surface area contributed by atoms with Crippen molar-refractivity contribution in [2.75, 3.05) is 0 Å². The number of carbonyl (C=O) groups is 1. The van der Waals surface area contributed by atoms with E-state index in [9.17, 15) is 4.79 Å². The van der Waals surface area contributed by atoms with Crippen molar-refractivity contribution in [1.29, 1.82) is 0 Å². The number of fused-ring (bicyclic) bond motifs is 1. The van der Waals surface area contributed by atoms with E-state index >= 15 is 0 Å². The number of aromatic nitrogens is 1. The Balaban J connectivity index is 1.89. The van der Waals surface area contributed by atoms with E-state index in [1.807, 2.05) is 61.5 Å². The van der Waals surface area contributed by atoms with Crippen LogP contribution in [-0.4, -0.2) is 10.9 Å². The smallest absolute Gasteiger partial charge is 0.251 e. The number of primary amides is 1. The van der Waals surface area contributed by atoms with Crippen LogP contribution in [0.15, 0.2) is 54.6 Å². The first kappa shape index (κ1) is 15.6. The monoisotopic (exact) mass is 326 g/mol. The molecule has 0 saturated heterocycles. The molecule has 0 radical (unpaired) electrons. The number of carbonyl (C=O) groups excluding carboxylic acids is 1. The number of amides is 1. The molecule has 0 bridgehead atoms. The molecule has 2 aromatic carbocycles. The van der Waals surface area contributed by atoms with Crippen LogP contribution in [0.2, 0.25) is 0 Å². The van der Waals surface area contributed by atoms with Crippen LogP contribution in [-0.2, 0) is 9.53 Å². The average molecular weight is 326 g/mol. The van der Waals surface area contributed by atoms with E-state index in [4.69, 9.17) is 10.5 Å². The molecule has 1 amide bonds. The van der Waals surface area contributed by atoms with E-state index in [1.54, 1.807) is 11.3 Å². The van der Waals surface area contributed by atoms with Gasteiger partial charge in [-0.05, 0) is 24.1 Å². The van der Waals surface area contributed by atoms with Crippen molar-refractivity contribution in [3.05, 3.63) is 65.2 Å². The molecule has 0 aliphatic rings. The Morgan fingerprint density at radius 1 is 1.17 bits per heavy atom. The first-order chi connectivity index (χ1) is 11.2. The summed E-state index contributed by atoms with van der Waals surface area (Å²) in [6, 6.07) is 17.3. The molecule has 5 heteroatoms. The first-order valence-electron chi connectivity index (χ1n) is 7.54. The van der Waals surface area contributed by atoms with Crippen molar-refractivity contribution in [1.82, 2.24) is 4.98 Å². The maximum Gasteiger partial charge on any atom is 0.251 e. The molecular formula is C18H18N2O2S. The minimum absolute atomic E-state index is 0.259. The lowest BCUT2D eigenvalue weighted by Crippen LogP contribution is -2.25. The number of nitrogens with zero attached hydrogens (tertiary/aromatic N) is 1. The molecule has 0 fully saturated rings. The fourth-order valence-corrected chi connectivity index (χ4v) is 3.55. The summed E-state index contributed by atoms with van der Waals surface area (Å²) in [6.07, 6.45) is -0.311. The summed E-state index contributed by atoms with van der Waals surface area (Å²) < 4.78 is 7.15. The van der Waals surface area contributed by atoms with Crippen molar-refractivity contribution in [3.63, 3.8) is 0 Å². The van der Waals surface area contributed by atoms with Gasteiger partial charge in [-0.15, -0.1) is 11.3 Å². The molecule has 118 valence electrons. The lowest BCUT2D eigenvalue weighted by atomic mass is 10.1. The van der Waals surface area contributed by atoms with Crippen LogP contribution in [0.1, 0.15) is 36.1 Å². The Morgan fingerprint density at radius 3 is 2.52 bits per heavy atom. The zero-order valence-corrected chi connectivity index (χ0v) is 13.6. The molecule has 0 saturated carbocycles. The van der Waals surface area contributed by atoms with Crippen molar-refractivity contribution in [2.45, 2.75) is 25.6 Å². The Bertz CT molecular complexity index is 768. The van der Waals surface area contributed by atoms with Crippen molar-refractivity contribution in [3.8, 4) is 0 Å². The average Bonchev–Trinajstić information content (AvgIpc) is 3.00. The number of hydrogen-bond acceptors (Lipinski definition) is 4. The summed E-state index contributed by atoms with van der Waals surface area (Å²) in [6.45, 7) is 2.01. The highest BCUT2D eigenvalue weighted by Crippen LogP contribution is 2.33. The largest absolute Gasteiger partial charge is 0.367 e. The minimum Gasteiger partial charge on any atom is -0.367 e. The number of para-hydroxylation sites is 1. The Morgan fingerprint density at radius 2 is 1.87 bits per heavy atom. The van der Waals surface area contributed by atoms with Gasteiger partial charge in [-0.3, -0.25) is 4.79 Å². The van der Waals surface area contributed by atoms with Gasteiger partial charge in [0.25, 0.3) is 5.91 Å². The third-order valence-corrected chi connectivity index (χ3v) is 4.75. The van der Waals surface area contributed by atoms with Gasteiger partial charge in [0.1, 0.15) is 11.1 Å². The second-order valence-electron chi connectivity index (χ2n) is 5.25. The summed E-state index contributed by atoms with van der Waals surface area (Å²) in [5, 5.41) is 0.871. The van der Waals surface area contributed by atoms with E-state index in [1.165, 1.54) is 0 Å². The van der Waals surface area contributed by atoms with Gasteiger partial charge < -0.3 is 10.5 Å². The Hall–Kier alpha value is -2.24. The zero-order valence-electron chi connectivity index (χ0n) is 12.8. The highest BCUT2D eigenvalue weighted by Gasteiger charge is 2.25. The second kappa shape index (κ2) is 6.89. The van der Waals surface area contributed by atoms with Gasteiger partial charge in [-0.2, -0.15) is 0 Å². The highest BCUT2D eigenvalue weighted by molar-refractivity contribution is 7.18. The van der Waals surface area contributed by atoms with Crippen LogP contribution < -0.4 is 5.73 Å². The number of hydrogen-bond donors (Lipinski definition) is 1. The van der Waals surface area contributed by atoms with Crippen LogP contribution in [0.25, 0.3) is 10.2 Å². The maximum absolute atomic E-state index is 11.8. The lowest BCUT2D eigenvalue weighted by molar-refractivity contribution is -0.134. The van der Waals surface area contributed by atoms with Crippen molar-refractivity contribution >= 4 is 27.5 Å². The first-order valence-corrected chi connectivity index (χ1v) is 8.36. The van der Waals surface area contributed by atoms with Gasteiger partial charge in [-0.1, -0.05) is 49.4 Å². The number of thiazole rings is 1. The molecule has 0 aliphatic heterocycles. The molecule has 2 atom stereocenters. The molecule has 0 spiro atoms.